The smallest absolute Gasteiger partial charge is 0.321 e. The second kappa shape index (κ2) is 6.78. The van der Waals surface area contributed by atoms with Gasteiger partial charge in [0, 0.05) is 18.8 Å². The van der Waals surface area contributed by atoms with Crippen molar-refractivity contribution < 1.29 is 14.7 Å². The van der Waals surface area contributed by atoms with Crippen LogP contribution in [-0.2, 0) is 4.79 Å². The lowest BCUT2D eigenvalue weighted by atomic mass is 10.2. The Balaban J connectivity index is 2.63. The van der Waals surface area contributed by atoms with Crippen LogP contribution in [0.2, 0.25) is 0 Å². The Morgan fingerprint density at radius 2 is 1.89 bits per heavy atom. The predicted octanol–water partition coefficient (Wildman–Crippen LogP) is 2.57. The van der Waals surface area contributed by atoms with Crippen LogP contribution in [-0.4, -0.2) is 35.1 Å². The molecule has 0 spiro atoms. The van der Waals surface area contributed by atoms with Crippen LogP contribution in [0.15, 0.2) is 24.3 Å². The molecule has 0 aliphatic heterocycles. The Morgan fingerprint density at radius 1 is 1.32 bits per heavy atom. The number of aryl methyl sites for hydroxylation is 1. The molecule has 1 aromatic carbocycles. The lowest BCUT2D eigenvalue weighted by Crippen LogP contribution is -2.39. The van der Waals surface area contributed by atoms with Crippen LogP contribution in [0.3, 0.4) is 0 Å². The van der Waals surface area contributed by atoms with E-state index in [4.69, 9.17) is 5.11 Å². The number of anilines is 1. The van der Waals surface area contributed by atoms with Gasteiger partial charge in [0.1, 0.15) is 0 Å². The predicted molar refractivity (Wildman–Crippen MR) is 74.2 cm³/mol. The van der Waals surface area contributed by atoms with Crippen LogP contribution < -0.4 is 5.32 Å². The summed E-state index contributed by atoms with van der Waals surface area (Å²) in [6, 6.07) is 7.18. The molecule has 0 radical (unpaired) electrons. The maximum Gasteiger partial charge on any atom is 0.321 e. The third-order valence-electron chi connectivity index (χ3n) is 2.89. The maximum absolute atomic E-state index is 12.0. The van der Waals surface area contributed by atoms with E-state index in [0.717, 1.165) is 5.56 Å². The van der Waals surface area contributed by atoms with Crippen molar-refractivity contribution in [3.63, 3.8) is 0 Å². The van der Waals surface area contributed by atoms with Crippen molar-refractivity contribution in [3.8, 4) is 0 Å². The zero-order valence-corrected chi connectivity index (χ0v) is 11.5. The molecule has 2 amide bonds. The number of carbonyl (C=O) groups is 2. The zero-order chi connectivity index (χ0) is 14.4. The molecular formula is C14H20N2O3. The fourth-order valence-corrected chi connectivity index (χ4v) is 1.60. The minimum atomic E-state index is -0.901. The van der Waals surface area contributed by atoms with Crippen LogP contribution in [0, 0.1) is 12.8 Å². The molecule has 0 heterocycles. The van der Waals surface area contributed by atoms with Crippen molar-refractivity contribution in [2.24, 2.45) is 5.92 Å². The Kier molecular flexibility index (Phi) is 5.36. The van der Waals surface area contributed by atoms with Crippen molar-refractivity contribution in [1.29, 1.82) is 0 Å². The van der Waals surface area contributed by atoms with Gasteiger partial charge in [-0.25, -0.2) is 4.79 Å². The van der Waals surface area contributed by atoms with Gasteiger partial charge in [0.15, 0.2) is 0 Å². The summed E-state index contributed by atoms with van der Waals surface area (Å²) in [7, 11) is 0. The first-order chi connectivity index (χ1) is 8.93. The van der Waals surface area contributed by atoms with Crippen molar-refractivity contribution in [2.45, 2.75) is 20.8 Å². The number of amides is 2. The van der Waals surface area contributed by atoms with Crippen molar-refractivity contribution in [1.82, 2.24) is 4.90 Å². The first-order valence-electron chi connectivity index (χ1n) is 6.29. The van der Waals surface area contributed by atoms with Gasteiger partial charge in [-0.05, 0) is 26.0 Å². The number of nitrogens with zero attached hydrogens (tertiary/aromatic N) is 1. The third-order valence-corrected chi connectivity index (χ3v) is 2.89. The van der Waals surface area contributed by atoms with Crippen LogP contribution in [0.1, 0.15) is 19.4 Å². The molecule has 1 unspecified atom stereocenters. The van der Waals surface area contributed by atoms with E-state index in [-0.39, 0.29) is 12.6 Å². The summed E-state index contributed by atoms with van der Waals surface area (Å²) in [5.74, 6) is -1.48. The molecule has 5 heteroatoms. The Hall–Kier alpha value is -2.04. The fraction of sp³-hybridized carbons (Fsp3) is 0.429. The molecule has 1 aromatic rings. The normalized spacial score (nSPS) is 11.7. The second-order valence-corrected chi connectivity index (χ2v) is 4.57. The first kappa shape index (κ1) is 15.0. The summed E-state index contributed by atoms with van der Waals surface area (Å²) in [5, 5.41) is 11.6. The van der Waals surface area contributed by atoms with Gasteiger partial charge < -0.3 is 15.3 Å². The highest BCUT2D eigenvalue weighted by Gasteiger charge is 2.19. The van der Waals surface area contributed by atoms with Crippen molar-refractivity contribution in [2.75, 3.05) is 18.4 Å². The number of urea groups is 1. The lowest BCUT2D eigenvalue weighted by molar-refractivity contribution is -0.141. The van der Waals surface area contributed by atoms with Gasteiger partial charge in [0.05, 0.1) is 5.92 Å². The molecule has 1 rings (SSSR count). The molecule has 0 aliphatic carbocycles. The SMILES string of the molecule is CCN(CC(C)C(=O)O)C(=O)Nc1ccc(C)cc1. The van der Waals surface area contributed by atoms with E-state index in [1.807, 2.05) is 38.1 Å². The molecule has 5 nitrogen and oxygen atoms in total. The van der Waals surface area contributed by atoms with Gasteiger partial charge in [-0.2, -0.15) is 0 Å². The van der Waals surface area contributed by atoms with E-state index in [2.05, 4.69) is 5.32 Å². The van der Waals surface area contributed by atoms with E-state index in [0.29, 0.717) is 12.2 Å². The monoisotopic (exact) mass is 264 g/mol. The molecule has 104 valence electrons. The topological polar surface area (TPSA) is 69.6 Å². The molecule has 0 aliphatic rings. The summed E-state index contributed by atoms with van der Waals surface area (Å²) in [5.41, 5.74) is 1.82. The van der Waals surface area contributed by atoms with Crippen molar-refractivity contribution in [3.05, 3.63) is 29.8 Å². The second-order valence-electron chi connectivity index (χ2n) is 4.57. The molecule has 0 saturated heterocycles. The van der Waals surface area contributed by atoms with Crippen molar-refractivity contribution >= 4 is 17.7 Å². The van der Waals surface area contributed by atoms with Gasteiger partial charge in [-0.3, -0.25) is 4.79 Å². The van der Waals surface area contributed by atoms with Gasteiger partial charge in [0.25, 0.3) is 0 Å². The molecule has 0 aromatic heterocycles. The zero-order valence-electron chi connectivity index (χ0n) is 11.5. The number of nitrogens with one attached hydrogen (secondary N) is 1. The summed E-state index contributed by atoms with van der Waals surface area (Å²) >= 11 is 0. The quantitative estimate of drug-likeness (QED) is 0.858. The third kappa shape index (κ3) is 4.62. The largest absolute Gasteiger partial charge is 0.481 e. The number of carboxylic acid groups (broad SMARTS) is 1. The first-order valence-corrected chi connectivity index (χ1v) is 6.29. The van der Waals surface area contributed by atoms with Crippen LogP contribution in [0.4, 0.5) is 10.5 Å². The van der Waals surface area contributed by atoms with E-state index in [1.54, 1.807) is 6.92 Å². The van der Waals surface area contributed by atoms with E-state index >= 15 is 0 Å². The van der Waals surface area contributed by atoms with Crippen LogP contribution >= 0.6 is 0 Å². The summed E-state index contributed by atoms with van der Waals surface area (Å²) in [4.78, 5) is 24.3. The maximum atomic E-state index is 12.0. The standard InChI is InChI=1S/C14H20N2O3/c1-4-16(9-11(3)13(17)18)14(19)15-12-7-5-10(2)6-8-12/h5-8,11H,4,9H2,1-3H3,(H,15,19)(H,17,18). The molecule has 1 atom stereocenters. The highest BCUT2D eigenvalue weighted by Crippen LogP contribution is 2.10. The van der Waals surface area contributed by atoms with E-state index in [1.165, 1.54) is 4.90 Å². The minimum Gasteiger partial charge on any atom is -0.481 e. The Bertz CT molecular complexity index is 443. The van der Waals surface area contributed by atoms with Gasteiger partial charge in [-0.15, -0.1) is 0 Å². The van der Waals surface area contributed by atoms with Gasteiger partial charge >= 0.3 is 12.0 Å². The highest BCUT2D eigenvalue weighted by molar-refractivity contribution is 5.89. The number of carbonyl (C=O) groups excluding carboxylic acids is 1. The molecular weight excluding hydrogens is 244 g/mol. The molecule has 0 saturated carbocycles. The van der Waals surface area contributed by atoms with Gasteiger partial charge in [-0.1, -0.05) is 24.6 Å². The minimum absolute atomic E-state index is 0.198. The number of hydrogen-bond acceptors (Lipinski definition) is 2. The number of rotatable bonds is 5. The number of carboxylic acids is 1. The average Bonchev–Trinajstić information content (AvgIpc) is 2.38. The lowest BCUT2D eigenvalue weighted by Gasteiger charge is -2.23. The molecule has 2 N–H and O–H groups in total. The summed E-state index contributed by atoms with van der Waals surface area (Å²) in [6.07, 6.45) is 0. The average molecular weight is 264 g/mol. The van der Waals surface area contributed by atoms with E-state index in [9.17, 15) is 9.59 Å². The highest BCUT2D eigenvalue weighted by atomic mass is 16.4. The number of aliphatic carboxylic acids is 1. The Labute approximate surface area is 113 Å². The van der Waals surface area contributed by atoms with Gasteiger partial charge in [0.2, 0.25) is 0 Å². The molecule has 0 fully saturated rings. The van der Waals surface area contributed by atoms with Crippen LogP contribution in [0.5, 0.6) is 0 Å². The number of hydrogen-bond donors (Lipinski definition) is 2. The number of benzene rings is 1. The summed E-state index contributed by atoms with van der Waals surface area (Å²) < 4.78 is 0. The molecule has 0 bridgehead atoms. The van der Waals surface area contributed by atoms with Crippen LogP contribution in [0.25, 0.3) is 0 Å². The summed E-state index contributed by atoms with van der Waals surface area (Å²) in [6.45, 7) is 6.05. The Morgan fingerprint density at radius 3 is 2.37 bits per heavy atom. The fourth-order valence-electron chi connectivity index (χ4n) is 1.60. The molecule has 19 heavy (non-hydrogen) atoms. The van der Waals surface area contributed by atoms with E-state index < -0.39 is 11.9 Å².